The van der Waals surface area contributed by atoms with Crippen molar-refractivity contribution in [3.63, 3.8) is 0 Å². The molecule has 2 aromatic carbocycles. The van der Waals surface area contributed by atoms with E-state index in [0.717, 1.165) is 5.56 Å². The minimum atomic E-state index is -3.76. The molecule has 0 amide bonds. The zero-order valence-electron chi connectivity index (χ0n) is 14.9. The molecule has 0 spiro atoms. The molecule has 2 aromatic rings. The number of carboxylic acid groups (broad SMARTS) is 1. The highest BCUT2D eigenvalue weighted by Gasteiger charge is 2.25. The second-order valence-electron chi connectivity index (χ2n) is 6.39. The highest BCUT2D eigenvalue weighted by Crippen LogP contribution is 2.44. The summed E-state index contributed by atoms with van der Waals surface area (Å²) in [6.07, 6.45) is -2.52. The first kappa shape index (κ1) is 22.7. The second-order valence-corrected chi connectivity index (χ2v) is 9.74. The second kappa shape index (κ2) is 10.3. The van der Waals surface area contributed by atoms with Crippen LogP contribution in [0.3, 0.4) is 0 Å². The predicted octanol–water partition coefficient (Wildman–Crippen LogP) is 4.22. The average Bonchev–Trinajstić information content (AvgIpc) is 2.58. The molecule has 6 nitrogen and oxygen atoms in total. The number of carbonyl (C=O) groups is 1. The van der Waals surface area contributed by atoms with Crippen LogP contribution in [0.15, 0.2) is 42.5 Å². The molecule has 0 aliphatic rings. The minimum absolute atomic E-state index is 0.119. The molecule has 28 heavy (non-hydrogen) atoms. The van der Waals surface area contributed by atoms with Crippen molar-refractivity contribution in [3.05, 3.63) is 63.6 Å². The average molecular weight is 447 g/mol. The van der Waals surface area contributed by atoms with Crippen molar-refractivity contribution in [2.24, 2.45) is 0 Å². The van der Waals surface area contributed by atoms with Crippen molar-refractivity contribution in [1.82, 2.24) is 0 Å². The van der Waals surface area contributed by atoms with Gasteiger partial charge in [-0.15, -0.1) is 0 Å². The number of ether oxygens (including phenoxy) is 1. The normalized spacial score (nSPS) is 14.3. The lowest BCUT2D eigenvalue weighted by Gasteiger charge is -2.17. The molecular weight excluding hydrogens is 426 g/mol. The monoisotopic (exact) mass is 446 g/mol. The van der Waals surface area contributed by atoms with Gasteiger partial charge in [0.1, 0.15) is 12.4 Å². The van der Waals surface area contributed by atoms with E-state index < -0.39 is 32.0 Å². The summed E-state index contributed by atoms with van der Waals surface area (Å²) in [6, 6.07) is 12.6. The van der Waals surface area contributed by atoms with Crippen LogP contribution in [0.1, 0.15) is 17.5 Å². The molecule has 9 heteroatoms. The van der Waals surface area contributed by atoms with Crippen molar-refractivity contribution >= 4 is 36.5 Å². The molecule has 0 heterocycles. The fourth-order valence-corrected chi connectivity index (χ4v) is 4.77. The van der Waals surface area contributed by atoms with Gasteiger partial charge in [0.15, 0.2) is 0 Å². The number of hydrogen-bond donors (Lipinski definition) is 3. The number of halogens is 2. The molecule has 0 aliphatic heterocycles. The van der Waals surface area contributed by atoms with Gasteiger partial charge >= 0.3 is 5.97 Å². The van der Waals surface area contributed by atoms with Gasteiger partial charge in [0.05, 0.1) is 18.7 Å². The molecule has 0 radical (unpaired) electrons. The Hall–Kier alpha value is -1.56. The summed E-state index contributed by atoms with van der Waals surface area (Å²) in [5.74, 6) is -0.822. The van der Waals surface area contributed by atoms with E-state index in [0.29, 0.717) is 21.4 Å². The van der Waals surface area contributed by atoms with Gasteiger partial charge in [-0.1, -0.05) is 53.5 Å². The number of aliphatic carboxylic acids is 1. The van der Waals surface area contributed by atoms with Crippen LogP contribution in [-0.2, 0) is 22.4 Å². The first-order chi connectivity index (χ1) is 13.2. The fraction of sp³-hybridized carbons (Fsp3) is 0.316. The molecule has 0 saturated carbocycles. The number of aliphatic hydroxyl groups excluding tert-OH is 1. The molecule has 3 N–H and O–H groups in total. The van der Waals surface area contributed by atoms with E-state index >= 15 is 0 Å². The summed E-state index contributed by atoms with van der Waals surface area (Å²) in [5, 5.41) is 19.0. The smallest absolute Gasteiger partial charge is 0.305 e. The highest BCUT2D eigenvalue weighted by atomic mass is 35.5. The van der Waals surface area contributed by atoms with Gasteiger partial charge in [0.25, 0.3) is 0 Å². The standard InChI is InChI=1S/C19H21Cl2O6P/c20-14-8-17(21)16(6-7-28(25,26)12-15(22)10-19(23)24)18(9-14)27-11-13-4-2-1-3-5-13/h1-5,8-9,15,22H,6-7,10-12H2,(H,23,24)(H,25,26). The quantitative estimate of drug-likeness (QED) is 0.472. The largest absolute Gasteiger partial charge is 0.489 e. The van der Waals surface area contributed by atoms with E-state index in [4.69, 9.17) is 33.0 Å². The minimum Gasteiger partial charge on any atom is -0.489 e. The summed E-state index contributed by atoms with van der Waals surface area (Å²) in [5.41, 5.74) is 1.47. The molecule has 0 fully saturated rings. The van der Waals surface area contributed by atoms with Crippen LogP contribution < -0.4 is 4.74 Å². The molecule has 0 saturated heterocycles. The van der Waals surface area contributed by atoms with E-state index in [1.165, 1.54) is 6.07 Å². The van der Waals surface area contributed by atoms with Gasteiger partial charge in [-0.25, -0.2) is 0 Å². The Balaban J connectivity index is 2.09. The van der Waals surface area contributed by atoms with Gasteiger partial charge in [-0.05, 0) is 24.1 Å². The third kappa shape index (κ3) is 7.46. The number of rotatable bonds is 10. The summed E-state index contributed by atoms with van der Waals surface area (Å²) in [4.78, 5) is 20.7. The summed E-state index contributed by atoms with van der Waals surface area (Å²) >= 11 is 12.3. The molecular formula is C19H21Cl2O6P. The van der Waals surface area contributed by atoms with Crippen molar-refractivity contribution in [2.45, 2.75) is 25.6 Å². The molecule has 0 aromatic heterocycles. The maximum Gasteiger partial charge on any atom is 0.305 e. The highest BCUT2D eigenvalue weighted by molar-refractivity contribution is 7.58. The third-order valence-corrected chi connectivity index (χ3v) is 6.44. The summed E-state index contributed by atoms with van der Waals surface area (Å²) in [6.45, 7) is 0.276. The van der Waals surface area contributed by atoms with Crippen LogP contribution in [0.4, 0.5) is 0 Å². The topological polar surface area (TPSA) is 104 Å². The van der Waals surface area contributed by atoms with E-state index in [-0.39, 0.29) is 19.2 Å². The van der Waals surface area contributed by atoms with E-state index in [9.17, 15) is 19.4 Å². The Labute approximate surface area is 173 Å². The van der Waals surface area contributed by atoms with E-state index in [2.05, 4.69) is 0 Å². The maximum absolute atomic E-state index is 12.3. The predicted molar refractivity (Wildman–Crippen MR) is 109 cm³/mol. The SMILES string of the molecule is O=C(O)CC(O)CP(=O)(O)CCc1c(Cl)cc(Cl)cc1OCc1ccccc1. The lowest BCUT2D eigenvalue weighted by atomic mass is 10.1. The molecule has 0 bridgehead atoms. The number of benzene rings is 2. The summed E-state index contributed by atoms with van der Waals surface area (Å²) < 4.78 is 18.2. The van der Waals surface area contributed by atoms with Gasteiger partial charge in [-0.2, -0.15) is 0 Å². The number of aliphatic hydroxyl groups is 1. The fourth-order valence-electron chi connectivity index (χ4n) is 2.66. The Kier molecular flexibility index (Phi) is 8.35. The molecule has 0 aliphatic carbocycles. The first-order valence-electron chi connectivity index (χ1n) is 8.51. The number of carboxylic acids is 1. The van der Waals surface area contributed by atoms with Gasteiger partial charge < -0.3 is 19.8 Å². The molecule has 2 rings (SSSR count). The van der Waals surface area contributed by atoms with Gasteiger partial charge in [0.2, 0.25) is 7.37 Å². The van der Waals surface area contributed by atoms with Gasteiger partial charge in [-0.3, -0.25) is 9.36 Å². The lowest BCUT2D eigenvalue weighted by molar-refractivity contribution is -0.138. The Morgan fingerprint density at radius 2 is 1.86 bits per heavy atom. The Morgan fingerprint density at radius 3 is 2.50 bits per heavy atom. The van der Waals surface area contributed by atoms with E-state index in [1.54, 1.807) is 6.07 Å². The first-order valence-corrected chi connectivity index (χ1v) is 11.3. The lowest BCUT2D eigenvalue weighted by Crippen LogP contribution is -2.18. The molecule has 2 atom stereocenters. The van der Waals surface area contributed by atoms with Crippen molar-refractivity contribution in [3.8, 4) is 5.75 Å². The van der Waals surface area contributed by atoms with Gasteiger partial charge in [0, 0.05) is 21.8 Å². The number of hydrogen-bond acceptors (Lipinski definition) is 4. The van der Waals surface area contributed by atoms with E-state index in [1.807, 2.05) is 30.3 Å². The van der Waals surface area contributed by atoms with Crippen molar-refractivity contribution in [2.75, 3.05) is 12.3 Å². The van der Waals surface area contributed by atoms with Crippen LogP contribution in [0, 0.1) is 0 Å². The van der Waals surface area contributed by atoms with Crippen LogP contribution >= 0.6 is 30.6 Å². The Bertz CT molecular complexity index is 859. The zero-order chi connectivity index (χ0) is 20.7. The summed E-state index contributed by atoms with van der Waals surface area (Å²) in [7, 11) is -3.76. The third-order valence-electron chi connectivity index (χ3n) is 3.97. The molecule has 2 unspecified atom stereocenters. The maximum atomic E-state index is 12.3. The van der Waals surface area contributed by atoms with Crippen molar-refractivity contribution < 1.29 is 29.2 Å². The molecule has 152 valence electrons. The van der Waals surface area contributed by atoms with Crippen LogP contribution in [0.25, 0.3) is 0 Å². The van der Waals surface area contributed by atoms with Crippen LogP contribution in [0.2, 0.25) is 10.0 Å². The van der Waals surface area contributed by atoms with Crippen molar-refractivity contribution in [1.29, 1.82) is 0 Å². The Morgan fingerprint density at radius 1 is 1.18 bits per heavy atom. The van der Waals surface area contributed by atoms with Crippen LogP contribution in [-0.4, -0.2) is 39.5 Å². The zero-order valence-corrected chi connectivity index (χ0v) is 17.3. The van der Waals surface area contributed by atoms with Crippen LogP contribution in [0.5, 0.6) is 5.75 Å².